The van der Waals surface area contributed by atoms with Crippen LogP contribution in [-0.2, 0) is 5.88 Å². The topological polar surface area (TPSA) is 65.4 Å². The number of carbonyl (C=O) groups is 1. The van der Waals surface area contributed by atoms with Gasteiger partial charge in [0.2, 0.25) is 0 Å². The van der Waals surface area contributed by atoms with E-state index in [4.69, 9.17) is 32.7 Å². The van der Waals surface area contributed by atoms with E-state index in [2.05, 4.69) is 24.3 Å². The maximum atomic E-state index is 13.0. The average molecular weight is 502 g/mol. The maximum Gasteiger partial charge on any atom is 0.259 e. The summed E-state index contributed by atoms with van der Waals surface area (Å²) in [7, 11) is 1.59. The van der Waals surface area contributed by atoms with E-state index in [1.165, 1.54) is 12.8 Å². The lowest BCUT2D eigenvalue weighted by Crippen LogP contribution is -2.20. The van der Waals surface area contributed by atoms with Crippen LogP contribution in [0, 0.1) is 17.8 Å². The Morgan fingerprint density at radius 1 is 1.18 bits per heavy atom. The Bertz CT molecular complexity index is 1140. The van der Waals surface area contributed by atoms with Crippen molar-refractivity contribution in [2.75, 3.05) is 19.0 Å². The first-order valence-electron chi connectivity index (χ1n) is 11.4. The fraction of sp³-hybridized carbons (Fsp3) is 0.385. The fourth-order valence-electron chi connectivity index (χ4n) is 4.07. The Balaban J connectivity index is 1.48. The van der Waals surface area contributed by atoms with Gasteiger partial charge in [0.25, 0.3) is 5.91 Å². The number of ether oxygens (including phenoxy) is 2. The van der Waals surface area contributed by atoms with E-state index in [0.29, 0.717) is 51.9 Å². The highest BCUT2D eigenvalue weighted by atomic mass is 35.5. The molecule has 6 nitrogen and oxygen atoms in total. The van der Waals surface area contributed by atoms with Crippen LogP contribution >= 0.6 is 23.2 Å². The van der Waals surface area contributed by atoms with Crippen molar-refractivity contribution in [1.82, 2.24) is 9.78 Å². The van der Waals surface area contributed by atoms with Gasteiger partial charge < -0.3 is 14.8 Å². The van der Waals surface area contributed by atoms with Gasteiger partial charge >= 0.3 is 0 Å². The minimum absolute atomic E-state index is 0.109. The predicted octanol–water partition coefficient (Wildman–Crippen LogP) is 6.59. The standard InChI is InChI=1S/C26H29Cl2N3O3/c1-16(2)22(17-4-5-17)15-34-24-11-8-19(12-25(24)33-3)29-26(32)21-14-31(30-23(21)13-27)20-9-6-18(28)7-10-20/h6-12,14,16-17,22H,4-5,13,15H2,1-3H3,(H,29,32). The average Bonchev–Trinajstić information content (AvgIpc) is 3.57. The van der Waals surface area contributed by atoms with Crippen LogP contribution in [0.4, 0.5) is 5.69 Å². The van der Waals surface area contributed by atoms with Crippen LogP contribution in [0.15, 0.2) is 48.7 Å². The highest BCUT2D eigenvalue weighted by Crippen LogP contribution is 2.41. The van der Waals surface area contributed by atoms with E-state index >= 15 is 0 Å². The SMILES string of the molecule is COc1cc(NC(=O)c2cn(-c3ccc(Cl)cc3)nc2CCl)ccc1OCC(C(C)C)C1CC1. The molecule has 2 aromatic carbocycles. The molecule has 1 heterocycles. The number of nitrogens with one attached hydrogen (secondary N) is 1. The van der Waals surface area contributed by atoms with Crippen molar-refractivity contribution in [2.24, 2.45) is 17.8 Å². The van der Waals surface area contributed by atoms with Crippen LogP contribution < -0.4 is 14.8 Å². The molecule has 1 aliphatic carbocycles. The lowest BCUT2D eigenvalue weighted by Gasteiger charge is -2.21. The molecule has 0 spiro atoms. The minimum Gasteiger partial charge on any atom is -0.493 e. The molecular formula is C26H29Cl2N3O3. The predicted molar refractivity (Wildman–Crippen MR) is 136 cm³/mol. The molecule has 8 heteroatoms. The summed E-state index contributed by atoms with van der Waals surface area (Å²) in [5, 5.41) is 7.99. The van der Waals surface area contributed by atoms with Crippen molar-refractivity contribution in [1.29, 1.82) is 0 Å². The molecule has 1 amide bonds. The normalized spacial score (nSPS) is 14.2. The fourth-order valence-corrected chi connectivity index (χ4v) is 4.39. The molecule has 1 aromatic heterocycles. The first kappa shape index (κ1) is 24.4. The molecule has 0 radical (unpaired) electrons. The number of hydrogen-bond donors (Lipinski definition) is 1. The van der Waals surface area contributed by atoms with E-state index in [9.17, 15) is 4.79 Å². The van der Waals surface area contributed by atoms with Crippen LogP contribution in [-0.4, -0.2) is 29.4 Å². The molecule has 180 valence electrons. The van der Waals surface area contributed by atoms with Gasteiger partial charge in [0.05, 0.1) is 36.5 Å². The molecular weight excluding hydrogens is 473 g/mol. The third-order valence-electron chi connectivity index (χ3n) is 6.19. The summed E-state index contributed by atoms with van der Waals surface area (Å²) in [6.07, 6.45) is 4.23. The number of carbonyl (C=O) groups excluding carboxylic acids is 1. The largest absolute Gasteiger partial charge is 0.493 e. The van der Waals surface area contributed by atoms with Crippen molar-refractivity contribution in [3.8, 4) is 17.2 Å². The quantitative estimate of drug-likeness (QED) is 0.318. The van der Waals surface area contributed by atoms with Gasteiger partial charge in [0.15, 0.2) is 11.5 Å². The van der Waals surface area contributed by atoms with E-state index in [1.54, 1.807) is 42.3 Å². The zero-order chi connectivity index (χ0) is 24.2. The van der Waals surface area contributed by atoms with E-state index in [1.807, 2.05) is 18.2 Å². The van der Waals surface area contributed by atoms with Gasteiger partial charge in [-0.05, 0) is 67.0 Å². The Labute approximate surface area is 210 Å². The van der Waals surface area contributed by atoms with Gasteiger partial charge in [-0.1, -0.05) is 25.4 Å². The molecule has 1 fully saturated rings. The molecule has 1 N–H and O–H groups in total. The third kappa shape index (κ3) is 5.68. The summed E-state index contributed by atoms with van der Waals surface area (Å²) in [6.45, 7) is 5.14. The molecule has 34 heavy (non-hydrogen) atoms. The summed E-state index contributed by atoms with van der Waals surface area (Å²) in [6, 6.07) is 12.6. The van der Waals surface area contributed by atoms with Gasteiger partial charge in [0, 0.05) is 23.0 Å². The molecule has 4 rings (SSSR count). The lowest BCUT2D eigenvalue weighted by atomic mass is 9.92. The number of methoxy groups -OCH3 is 1. The second-order valence-electron chi connectivity index (χ2n) is 8.92. The second-order valence-corrected chi connectivity index (χ2v) is 9.62. The molecule has 0 aliphatic heterocycles. The number of halogens is 2. The molecule has 0 saturated heterocycles. The summed E-state index contributed by atoms with van der Waals surface area (Å²) in [5.41, 5.74) is 2.26. The van der Waals surface area contributed by atoms with Gasteiger partial charge in [-0.15, -0.1) is 11.6 Å². The van der Waals surface area contributed by atoms with E-state index < -0.39 is 0 Å². The Morgan fingerprint density at radius 2 is 1.91 bits per heavy atom. The van der Waals surface area contributed by atoms with Gasteiger partial charge in [0.1, 0.15) is 0 Å². The van der Waals surface area contributed by atoms with Crippen LogP contribution in [0.3, 0.4) is 0 Å². The molecule has 3 aromatic rings. The zero-order valence-electron chi connectivity index (χ0n) is 19.6. The number of amides is 1. The molecule has 1 atom stereocenters. The Morgan fingerprint density at radius 3 is 2.53 bits per heavy atom. The number of alkyl halides is 1. The monoisotopic (exact) mass is 501 g/mol. The smallest absolute Gasteiger partial charge is 0.259 e. The van der Waals surface area contributed by atoms with Crippen molar-refractivity contribution in [3.05, 3.63) is 64.9 Å². The third-order valence-corrected chi connectivity index (χ3v) is 6.69. The van der Waals surface area contributed by atoms with Crippen LogP contribution in [0.1, 0.15) is 42.7 Å². The number of aromatic nitrogens is 2. The zero-order valence-corrected chi connectivity index (χ0v) is 21.1. The van der Waals surface area contributed by atoms with Crippen molar-refractivity contribution in [2.45, 2.75) is 32.6 Å². The minimum atomic E-state index is -0.305. The van der Waals surface area contributed by atoms with E-state index in [0.717, 1.165) is 11.6 Å². The number of benzene rings is 2. The van der Waals surface area contributed by atoms with Crippen molar-refractivity contribution in [3.63, 3.8) is 0 Å². The number of rotatable bonds is 10. The first-order chi connectivity index (χ1) is 16.4. The summed E-state index contributed by atoms with van der Waals surface area (Å²) in [5.74, 6) is 2.92. The maximum absolute atomic E-state index is 13.0. The highest BCUT2D eigenvalue weighted by molar-refractivity contribution is 6.30. The van der Waals surface area contributed by atoms with Crippen LogP contribution in [0.5, 0.6) is 11.5 Å². The van der Waals surface area contributed by atoms with E-state index in [-0.39, 0.29) is 11.8 Å². The van der Waals surface area contributed by atoms with Crippen molar-refractivity contribution < 1.29 is 14.3 Å². The summed E-state index contributed by atoms with van der Waals surface area (Å²) < 4.78 is 13.3. The number of anilines is 1. The lowest BCUT2D eigenvalue weighted by molar-refractivity contribution is 0.102. The number of nitrogens with zero attached hydrogens (tertiary/aromatic N) is 2. The van der Waals surface area contributed by atoms with Gasteiger partial charge in [-0.3, -0.25) is 4.79 Å². The van der Waals surface area contributed by atoms with Crippen LogP contribution in [0.25, 0.3) is 5.69 Å². The summed E-state index contributed by atoms with van der Waals surface area (Å²) in [4.78, 5) is 13.0. The van der Waals surface area contributed by atoms with Gasteiger partial charge in [-0.25, -0.2) is 4.68 Å². The highest BCUT2D eigenvalue weighted by Gasteiger charge is 2.33. The molecule has 1 unspecified atom stereocenters. The van der Waals surface area contributed by atoms with Crippen molar-refractivity contribution >= 4 is 34.8 Å². The van der Waals surface area contributed by atoms with Crippen LogP contribution in [0.2, 0.25) is 5.02 Å². The second kappa shape index (κ2) is 10.7. The molecule has 0 bridgehead atoms. The first-order valence-corrected chi connectivity index (χ1v) is 12.3. The molecule has 1 saturated carbocycles. The molecule has 1 aliphatic rings. The Hall–Kier alpha value is -2.70. The Kier molecular flexibility index (Phi) is 7.69. The number of hydrogen-bond acceptors (Lipinski definition) is 4. The van der Waals surface area contributed by atoms with Gasteiger partial charge in [-0.2, -0.15) is 5.10 Å². The summed E-state index contributed by atoms with van der Waals surface area (Å²) >= 11 is 12.0.